The van der Waals surface area contributed by atoms with Crippen molar-refractivity contribution in [3.63, 3.8) is 0 Å². The fourth-order valence-electron chi connectivity index (χ4n) is 1.73. The highest BCUT2D eigenvalue weighted by molar-refractivity contribution is 7.84. The average molecular weight is 319 g/mol. The molecule has 0 aliphatic carbocycles. The monoisotopic (exact) mass is 319 g/mol. The zero-order chi connectivity index (χ0) is 16.1. The van der Waals surface area contributed by atoms with Gasteiger partial charge in [-0.3, -0.25) is 30.0 Å². The normalized spacial score (nSPS) is 11.5. The summed E-state index contributed by atoms with van der Waals surface area (Å²) in [4.78, 5) is 22.9. The molecule has 0 saturated carbocycles. The van der Waals surface area contributed by atoms with Gasteiger partial charge in [0, 0.05) is 33.6 Å². The summed E-state index contributed by atoms with van der Waals surface area (Å²) in [7, 11) is -1.11. The summed E-state index contributed by atoms with van der Waals surface area (Å²) >= 11 is 0. The van der Waals surface area contributed by atoms with Crippen LogP contribution < -0.4 is 10.9 Å². The van der Waals surface area contributed by atoms with E-state index in [4.69, 9.17) is 0 Å². The van der Waals surface area contributed by atoms with Gasteiger partial charge in [-0.1, -0.05) is 12.1 Å². The van der Waals surface area contributed by atoms with E-state index >= 15 is 0 Å². The van der Waals surface area contributed by atoms with Crippen LogP contribution in [0.25, 0.3) is 0 Å². The number of carbonyl (C=O) groups excluding carboxylic acids is 1. The van der Waals surface area contributed by atoms with Crippen LogP contribution in [0.1, 0.15) is 10.4 Å². The first-order chi connectivity index (χ1) is 10.5. The molecule has 22 heavy (non-hydrogen) atoms. The number of para-hydroxylation sites is 2. The minimum absolute atomic E-state index is 0.139. The Labute approximate surface area is 128 Å². The second kappa shape index (κ2) is 6.81. The number of benzene rings is 2. The molecule has 2 N–H and O–H groups in total. The Balaban J connectivity index is 2.07. The van der Waals surface area contributed by atoms with Crippen molar-refractivity contribution in [1.82, 2.24) is 5.43 Å². The number of nitro benzene ring substituents is 1. The van der Waals surface area contributed by atoms with Crippen LogP contribution in [0.3, 0.4) is 0 Å². The second-order valence-corrected chi connectivity index (χ2v) is 5.71. The molecule has 0 saturated heterocycles. The van der Waals surface area contributed by atoms with Gasteiger partial charge in [0.25, 0.3) is 11.6 Å². The Morgan fingerprint density at radius 1 is 1.14 bits per heavy atom. The van der Waals surface area contributed by atoms with Crippen LogP contribution in [0.4, 0.5) is 11.4 Å². The van der Waals surface area contributed by atoms with Gasteiger partial charge in [0.1, 0.15) is 5.69 Å². The SMILES string of the molecule is C[S@@](=O)c1ccc(C(=O)NNc2ccccc2[N+](=O)[O-])cc1. The number of hydrazine groups is 1. The molecule has 0 aliphatic rings. The molecule has 0 aliphatic heterocycles. The van der Waals surface area contributed by atoms with E-state index in [1.807, 2.05) is 0 Å². The Morgan fingerprint density at radius 2 is 1.77 bits per heavy atom. The Morgan fingerprint density at radius 3 is 2.36 bits per heavy atom. The first-order valence-electron chi connectivity index (χ1n) is 6.22. The van der Waals surface area contributed by atoms with E-state index in [2.05, 4.69) is 10.9 Å². The van der Waals surface area contributed by atoms with Crippen molar-refractivity contribution >= 4 is 28.1 Å². The topological polar surface area (TPSA) is 101 Å². The largest absolute Gasteiger partial charge is 0.294 e. The van der Waals surface area contributed by atoms with E-state index in [1.54, 1.807) is 24.5 Å². The first kappa shape index (κ1) is 15.6. The number of hydrogen-bond donors (Lipinski definition) is 2. The van der Waals surface area contributed by atoms with Crippen molar-refractivity contribution < 1.29 is 13.9 Å². The minimum Gasteiger partial charge on any atom is -0.292 e. The highest BCUT2D eigenvalue weighted by Crippen LogP contribution is 2.22. The number of anilines is 1. The van der Waals surface area contributed by atoms with E-state index < -0.39 is 21.6 Å². The van der Waals surface area contributed by atoms with Crippen molar-refractivity contribution in [1.29, 1.82) is 0 Å². The maximum absolute atomic E-state index is 12.0. The molecule has 0 radical (unpaired) electrons. The molecular formula is C14H13N3O4S. The van der Waals surface area contributed by atoms with Gasteiger partial charge in [0.2, 0.25) is 0 Å². The number of carbonyl (C=O) groups is 1. The molecule has 0 spiro atoms. The standard InChI is InChI=1S/C14H13N3O4S/c1-22(21)11-8-6-10(7-9-11)14(18)16-15-12-4-2-3-5-13(12)17(19)20/h2-9,15H,1H3,(H,16,18)/t22-/m1/s1. The molecule has 7 nitrogen and oxygen atoms in total. The molecule has 1 amide bonds. The number of nitrogens with one attached hydrogen (secondary N) is 2. The van der Waals surface area contributed by atoms with Crippen molar-refractivity contribution in [2.24, 2.45) is 0 Å². The summed E-state index contributed by atoms with van der Waals surface area (Å²) in [6, 6.07) is 12.2. The van der Waals surface area contributed by atoms with Crippen molar-refractivity contribution in [2.75, 3.05) is 11.7 Å². The third-order valence-corrected chi connectivity index (χ3v) is 3.80. The van der Waals surface area contributed by atoms with Crippen LogP contribution >= 0.6 is 0 Å². The van der Waals surface area contributed by atoms with E-state index in [0.29, 0.717) is 10.5 Å². The van der Waals surface area contributed by atoms with Crippen LogP contribution in [0, 0.1) is 10.1 Å². The minimum atomic E-state index is -1.11. The van der Waals surface area contributed by atoms with Gasteiger partial charge < -0.3 is 0 Å². The first-order valence-corrected chi connectivity index (χ1v) is 7.78. The lowest BCUT2D eigenvalue weighted by Gasteiger charge is -2.09. The van der Waals surface area contributed by atoms with Crippen LogP contribution in [0.5, 0.6) is 0 Å². The van der Waals surface area contributed by atoms with Crippen LogP contribution in [0.15, 0.2) is 53.4 Å². The lowest BCUT2D eigenvalue weighted by atomic mass is 10.2. The third kappa shape index (κ3) is 3.67. The summed E-state index contributed by atoms with van der Waals surface area (Å²) in [6.07, 6.45) is 1.55. The molecule has 2 aromatic carbocycles. The number of amides is 1. The summed E-state index contributed by atoms with van der Waals surface area (Å²) in [5.41, 5.74) is 5.31. The molecule has 114 valence electrons. The predicted molar refractivity (Wildman–Crippen MR) is 83.0 cm³/mol. The zero-order valence-electron chi connectivity index (χ0n) is 11.6. The van der Waals surface area contributed by atoms with Crippen molar-refractivity contribution in [3.8, 4) is 0 Å². The van der Waals surface area contributed by atoms with Gasteiger partial charge in [-0.05, 0) is 30.3 Å². The smallest absolute Gasteiger partial charge is 0.292 e. The molecule has 1 atom stereocenters. The maximum atomic E-state index is 12.0. The number of nitrogens with zero attached hydrogens (tertiary/aromatic N) is 1. The van der Waals surface area contributed by atoms with E-state index in [1.165, 1.54) is 30.3 Å². The molecule has 0 fully saturated rings. The molecule has 0 aromatic heterocycles. The quantitative estimate of drug-likeness (QED) is 0.649. The number of hydrogen-bond acceptors (Lipinski definition) is 5. The maximum Gasteiger partial charge on any atom is 0.294 e. The van der Waals surface area contributed by atoms with Gasteiger partial charge in [-0.15, -0.1) is 0 Å². The predicted octanol–water partition coefficient (Wildman–Crippen LogP) is 2.09. The van der Waals surface area contributed by atoms with E-state index in [9.17, 15) is 19.1 Å². The molecule has 0 heterocycles. The Kier molecular flexibility index (Phi) is 4.84. The van der Waals surface area contributed by atoms with Gasteiger partial charge in [-0.2, -0.15) is 0 Å². The fraction of sp³-hybridized carbons (Fsp3) is 0.0714. The second-order valence-electron chi connectivity index (χ2n) is 4.33. The molecule has 0 bridgehead atoms. The molecule has 0 unspecified atom stereocenters. The van der Waals surface area contributed by atoms with Crippen molar-refractivity contribution in [2.45, 2.75) is 4.90 Å². The lowest BCUT2D eigenvalue weighted by molar-refractivity contribution is -0.384. The van der Waals surface area contributed by atoms with Gasteiger partial charge in [-0.25, -0.2) is 0 Å². The summed E-state index contributed by atoms with van der Waals surface area (Å²) in [5.74, 6) is -0.452. The summed E-state index contributed by atoms with van der Waals surface area (Å²) in [6.45, 7) is 0. The lowest BCUT2D eigenvalue weighted by Crippen LogP contribution is -2.29. The Bertz CT molecular complexity index is 731. The zero-order valence-corrected chi connectivity index (χ0v) is 12.4. The Hall–Kier alpha value is -2.74. The van der Waals surface area contributed by atoms with Crippen LogP contribution in [-0.2, 0) is 10.8 Å². The van der Waals surface area contributed by atoms with Gasteiger partial charge >= 0.3 is 0 Å². The molecular weight excluding hydrogens is 306 g/mol. The van der Waals surface area contributed by atoms with Crippen LogP contribution in [-0.4, -0.2) is 21.3 Å². The average Bonchev–Trinajstić information content (AvgIpc) is 2.52. The summed E-state index contributed by atoms with van der Waals surface area (Å²) in [5, 5.41) is 10.9. The molecule has 2 rings (SSSR count). The fourth-order valence-corrected chi connectivity index (χ4v) is 2.25. The van der Waals surface area contributed by atoms with Gasteiger partial charge in [0.05, 0.1) is 4.92 Å². The van der Waals surface area contributed by atoms with Crippen LogP contribution in [0.2, 0.25) is 0 Å². The number of nitro groups is 1. The molecule has 2 aromatic rings. The molecule has 8 heteroatoms. The third-order valence-electron chi connectivity index (χ3n) is 2.86. The van der Waals surface area contributed by atoms with Gasteiger partial charge in [0.15, 0.2) is 0 Å². The summed E-state index contributed by atoms with van der Waals surface area (Å²) < 4.78 is 11.3. The number of rotatable bonds is 5. The van der Waals surface area contributed by atoms with Crippen molar-refractivity contribution in [3.05, 3.63) is 64.2 Å². The highest BCUT2D eigenvalue weighted by Gasteiger charge is 2.13. The highest BCUT2D eigenvalue weighted by atomic mass is 32.2. The van der Waals surface area contributed by atoms with E-state index in [0.717, 1.165) is 0 Å². The van der Waals surface area contributed by atoms with E-state index in [-0.39, 0.29) is 11.4 Å².